The van der Waals surface area contributed by atoms with Crippen LogP contribution < -0.4 is 11.1 Å². The first-order valence-electron chi connectivity index (χ1n) is 6.68. The molecule has 0 radical (unpaired) electrons. The average molecular weight is 261 g/mol. The highest BCUT2D eigenvalue weighted by Gasteiger charge is 2.33. The summed E-state index contributed by atoms with van der Waals surface area (Å²) in [6, 6.07) is 2.14. The number of fused-ring (bicyclic) bond motifs is 1. The Kier molecular flexibility index (Phi) is 2.77. The van der Waals surface area contributed by atoms with Gasteiger partial charge >= 0.3 is 0 Å². The monoisotopic (exact) mass is 261 g/mol. The van der Waals surface area contributed by atoms with E-state index in [4.69, 9.17) is 22.9 Å². The van der Waals surface area contributed by atoms with Crippen LogP contribution in [0.1, 0.15) is 49.4 Å². The summed E-state index contributed by atoms with van der Waals surface area (Å²) in [5.74, 6) is 0.894. The number of rotatable bonds is 3. The molecule has 0 spiro atoms. The highest BCUT2D eigenvalue weighted by molar-refractivity contribution is 7.80. The summed E-state index contributed by atoms with van der Waals surface area (Å²) < 4.78 is 0. The van der Waals surface area contributed by atoms with Gasteiger partial charge in [-0.1, -0.05) is 12.2 Å². The molecule has 3 N–H and O–H groups in total. The number of thiocarbonyl (C=S) groups is 1. The molecule has 1 aromatic heterocycles. The first-order chi connectivity index (χ1) is 8.57. The summed E-state index contributed by atoms with van der Waals surface area (Å²) >= 11 is 5.16. The van der Waals surface area contributed by atoms with Crippen molar-refractivity contribution in [1.29, 1.82) is 0 Å². The molecule has 3 rings (SSSR count). The minimum absolute atomic E-state index is 0.180. The van der Waals surface area contributed by atoms with Crippen LogP contribution in [0.3, 0.4) is 0 Å². The minimum Gasteiger partial charge on any atom is -0.389 e. The molecule has 0 aliphatic heterocycles. The van der Waals surface area contributed by atoms with Gasteiger partial charge in [0.25, 0.3) is 0 Å². The van der Waals surface area contributed by atoms with Gasteiger partial charge in [-0.25, -0.2) is 4.98 Å². The molecular weight excluding hydrogens is 242 g/mol. The van der Waals surface area contributed by atoms with Crippen molar-refractivity contribution in [1.82, 2.24) is 4.98 Å². The summed E-state index contributed by atoms with van der Waals surface area (Å²) in [4.78, 5) is 5.21. The number of nitrogens with two attached hydrogens (primary N) is 1. The summed E-state index contributed by atoms with van der Waals surface area (Å²) in [6.07, 6.45) is 7.07. The fraction of sp³-hybridized carbons (Fsp3) is 0.571. The fourth-order valence-corrected chi connectivity index (χ4v) is 3.03. The number of nitrogens with zero attached hydrogens (tertiary/aromatic N) is 1. The van der Waals surface area contributed by atoms with Crippen molar-refractivity contribution in [2.75, 3.05) is 5.32 Å². The van der Waals surface area contributed by atoms with Gasteiger partial charge in [0.15, 0.2) is 0 Å². The maximum absolute atomic E-state index is 5.84. The van der Waals surface area contributed by atoms with Crippen LogP contribution in [-0.4, -0.2) is 15.5 Å². The number of aryl methyl sites for hydroxylation is 2. The number of hydrogen-bond donors (Lipinski definition) is 2. The van der Waals surface area contributed by atoms with E-state index in [9.17, 15) is 0 Å². The van der Waals surface area contributed by atoms with E-state index in [1.54, 1.807) is 0 Å². The third-order valence-electron chi connectivity index (χ3n) is 4.19. The first-order valence-corrected chi connectivity index (χ1v) is 7.09. The van der Waals surface area contributed by atoms with Crippen LogP contribution in [0.15, 0.2) is 6.07 Å². The van der Waals surface area contributed by atoms with Gasteiger partial charge < -0.3 is 11.1 Å². The standard InChI is InChI=1S/C14H19N3S/c1-14(6-3-7-14)17-13-10(12(15)18)8-9-4-2-5-11(9)16-13/h8H,2-7H2,1H3,(H2,15,18)(H,16,17). The van der Waals surface area contributed by atoms with Crippen molar-refractivity contribution < 1.29 is 0 Å². The Balaban J connectivity index is 1.98. The molecule has 0 atom stereocenters. The molecule has 2 aliphatic carbocycles. The van der Waals surface area contributed by atoms with E-state index in [0.717, 1.165) is 24.2 Å². The molecule has 18 heavy (non-hydrogen) atoms. The van der Waals surface area contributed by atoms with Gasteiger partial charge in [-0.3, -0.25) is 0 Å². The zero-order valence-corrected chi connectivity index (χ0v) is 11.6. The van der Waals surface area contributed by atoms with Gasteiger partial charge in [-0.2, -0.15) is 0 Å². The first kappa shape index (κ1) is 11.9. The Labute approximate surface area is 113 Å². The molecule has 0 amide bonds. The van der Waals surface area contributed by atoms with Crippen LogP contribution in [0.25, 0.3) is 0 Å². The Morgan fingerprint density at radius 3 is 2.78 bits per heavy atom. The molecular formula is C14H19N3S. The van der Waals surface area contributed by atoms with Crippen LogP contribution in [0.2, 0.25) is 0 Å². The third-order valence-corrected chi connectivity index (χ3v) is 4.41. The molecule has 1 heterocycles. The van der Waals surface area contributed by atoms with Crippen molar-refractivity contribution >= 4 is 23.0 Å². The average Bonchev–Trinajstić information content (AvgIpc) is 2.72. The van der Waals surface area contributed by atoms with Crippen LogP contribution >= 0.6 is 12.2 Å². The van der Waals surface area contributed by atoms with Gasteiger partial charge in [-0.15, -0.1) is 0 Å². The number of anilines is 1. The number of pyridine rings is 1. The molecule has 0 saturated heterocycles. The molecule has 0 bridgehead atoms. The van der Waals surface area contributed by atoms with Gasteiger partial charge in [0.05, 0.1) is 5.56 Å². The summed E-state index contributed by atoms with van der Waals surface area (Å²) in [5, 5.41) is 3.56. The highest BCUT2D eigenvalue weighted by Crippen LogP contribution is 2.36. The number of hydrogen-bond acceptors (Lipinski definition) is 3. The maximum atomic E-state index is 5.84. The van der Waals surface area contributed by atoms with E-state index in [-0.39, 0.29) is 5.54 Å². The summed E-state index contributed by atoms with van der Waals surface area (Å²) in [5.41, 5.74) is 9.48. The lowest BCUT2D eigenvalue weighted by Gasteiger charge is -2.40. The molecule has 96 valence electrons. The lowest BCUT2D eigenvalue weighted by molar-refractivity contribution is 0.305. The second-order valence-corrected chi connectivity index (χ2v) is 6.19. The Morgan fingerprint density at radius 2 is 2.17 bits per heavy atom. The van der Waals surface area contributed by atoms with Crippen molar-refractivity contribution in [2.24, 2.45) is 5.73 Å². The topological polar surface area (TPSA) is 50.9 Å². The summed E-state index contributed by atoms with van der Waals surface area (Å²) in [7, 11) is 0. The number of aromatic nitrogens is 1. The third kappa shape index (κ3) is 1.99. The molecule has 1 aromatic rings. The molecule has 1 saturated carbocycles. The Bertz CT molecular complexity index is 506. The second kappa shape index (κ2) is 4.19. The molecule has 3 nitrogen and oxygen atoms in total. The second-order valence-electron chi connectivity index (χ2n) is 5.75. The van der Waals surface area contributed by atoms with E-state index in [1.807, 2.05) is 0 Å². The largest absolute Gasteiger partial charge is 0.389 e. The van der Waals surface area contributed by atoms with Gasteiger partial charge in [0, 0.05) is 11.2 Å². The summed E-state index contributed by atoms with van der Waals surface area (Å²) in [6.45, 7) is 2.24. The van der Waals surface area contributed by atoms with Gasteiger partial charge in [0.2, 0.25) is 0 Å². The van der Waals surface area contributed by atoms with Gasteiger partial charge in [0.1, 0.15) is 10.8 Å². The van der Waals surface area contributed by atoms with Crippen LogP contribution in [0.4, 0.5) is 5.82 Å². The normalized spacial score (nSPS) is 20.1. The van der Waals surface area contributed by atoms with E-state index in [0.29, 0.717) is 4.99 Å². The fourth-order valence-electron chi connectivity index (χ4n) is 2.87. The predicted molar refractivity (Wildman–Crippen MR) is 78.0 cm³/mol. The Hall–Kier alpha value is -1.16. The van der Waals surface area contributed by atoms with Crippen LogP contribution in [0.5, 0.6) is 0 Å². The maximum Gasteiger partial charge on any atom is 0.136 e. The Morgan fingerprint density at radius 1 is 1.39 bits per heavy atom. The lowest BCUT2D eigenvalue weighted by Crippen LogP contribution is -2.42. The van der Waals surface area contributed by atoms with E-state index >= 15 is 0 Å². The SMILES string of the molecule is CC1(Nc2nc3c(cc2C(N)=S)CCC3)CCC1. The lowest BCUT2D eigenvalue weighted by atomic mass is 9.78. The van der Waals surface area contributed by atoms with Crippen LogP contribution in [0, 0.1) is 0 Å². The quantitative estimate of drug-likeness (QED) is 0.821. The minimum atomic E-state index is 0.180. The van der Waals surface area contributed by atoms with Gasteiger partial charge in [-0.05, 0) is 57.1 Å². The van der Waals surface area contributed by atoms with Crippen molar-refractivity contribution in [3.05, 3.63) is 22.9 Å². The number of nitrogens with one attached hydrogen (secondary N) is 1. The predicted octanol–water partition coefficient (Wildman–Crippen LogP) is 2.56. The van der Waals surface area contributed by atoms with Crippen LogP contribution in [-0.2, 0) is 12.8 Å². The van der Waals surface area contributed by atoms with E-state index < -0.39 is 0 Å². The molecule has 0 aromatic carbocycles. The highest BCUT2D eigenvalue weighted by atomic mass is 32.1. The zero-order valence-electron chi connectivity index (χ0n) is 10.8. The smallest absolute Gasteiger partial charge is 0.136 e. The molecule has 4 heteroatoms. The van der Waals surface area contributed by atoms with E-state index in [2.05, 4.69) is 18.3 Å². The molecule has 2 aliphatic rings. The van der Waals surface area contributed by atoms with Crippen molar-refractivity contribution in [2.45, 2.75) is 51.0 Å². The van der Waals surface area contributed by atoms with Crippen molar-refractivity contribution in [3.63, 3.8) is 0 Å². The van der Waals surface area contributed by atoms with Crippen molar-refractivity contribution in [3.8, 4) is 0 Å². The zero-order chi connectivity index (χ0) is 12.8. The molecule has 1 fully saturated rings. The van der Waals surface area contributed by atoms with E-state index in [1.165, 1.54) is 36.9 Å². The molecule has 0 unspecified atom stereocenters.